The molecule has 7 nitrogen and oxygen atoms in total. The lowest BCUT2D eigenvalue weighted by Gasteiger charge is -2.25. The van der Waals surface area contributed by atoms with Gasteiger partial charge in [-0.05, 0) is 66.9 Å². The first-order valence-electron chi connectivity index (χ1n) is 9.51. The molecule has 160 valence electrons. The van der Waals surface area contributed by atoms with E-state index in [9.17, 15) is 12.8 Å². The van der Waals surface area contributed by atoms with Gasteiger partial charge in [0.05, 0.1) is 19.3 Å². The van der Waals surface area contributed by atoms with Gasteiger partial charge in [0.2, 0.25) is 0 Å². The van der Waals surface area contributed by atoms with E-state index in [-0.39, 0.29) is 22.8 Å². The van der Waals surface area contributed by atoms with Gasteiger partial charge in [-0.15, -0.1) is 10.2 Å². The van der Waals surface area contributed by atoms with E-state index < -0.39 is 15.8 Å². The van der Waals surface area contributed by atoms with Crippen molar-refractivity contribution in [3.63, 3.8) is 0 Å². The number of methoxy groups -OCH3 is 1. The summed E-state index contributed by atoms with van der Waals surface area (Å²) in [4.78, 5) is 0.0145. The molecule has 0 bridgehead atoms. The number of halogens is 1. The smallest absolute Gasteiger partial charge is 0.268 e. The second-order valence-electron chi connectivity index (χ2n) is 7.26. The SMILES string of the molecule is COc1ccc(CN(c2cc(C)cc(C)c2)S(=O)(=O)c2cccn3cnnc23)cc1F. The van der Waals surface area contributed by atoms with Crippen LogP contribution >= 0.6 is 0 Å². The van der Waals surface area contributed by atoms with Crippen molar-refractivity contribution in [2.75, 3.05) is 11.4 Å². The third-order valence-corrected chi connectivity index (χ3v) is 6.69. The standard InChI is InChI=1S/C22H21FN4O3S/c1-15-9-16(2)11-18(10-15)27(13-17-6-7-20(30-3)19(23)12-17)31(28,29)21-5-4-8-26-14-24-25-22(21)26/h4-12,14H,13H2,1-3H3. The van der Waals surface area contributed by atoms with Crippen LogP contribution in [0.25, 0.3) is 5.65 Å². The highest BCUT2D eigenvalue weighted by Gasteiger charge is 2.29. The van der Waals surface area contributed by atoms with Crippen molar-refractivity contribution < 1.29 is 17.5 Å². The number of hydrogen-bond acceptors (Lipinski definition) is 5. The first-order valence-corrected chi connectivity index (χ1v) is 11.0. The molecule has 31 heavy (non-hydrogen) atoms. The average molecular weight is 441 g/mol. The minimum Gasteiger partial charge on any atom is -0.494 e. The number of aromatic nitrogens is 3. The van der Waals surface area contributed by atoms with E-state index in [1.165, 1.54) is 35.9 Å². The number of hydrogen-bond donors (Lipinski definition) is 0. The summed E-state index contributed by atoms with van der Waals surface area (Å²) in [5.74, 6) is -0.463. The molecule has 2 aromatic carbocycles. The van der Waals surface area contributed by atoms with Gasteiger partial charge in [-0.2, -0.15) is 0 Å². The van der Waals surface area contributed by atoms with Gasteiger partial charge in [-0.3, -0.25) is 8.71 Å². The molecule has 0 amide bonds. The van der Waals surface area contributed by atoms with E-state index in [1.54, 1.807) is 34.9 Å². The van der Waals surface area contributed by atoms with Crippen LogP contribution in [0, 0.1) is 19.7 Å². The topological polar surface area (TPSA) is 76.8 Å². The third kappa shape index (κ3) is 3.96. The lowest BCUT2D eigenvalue weighted by atomic mass is 10.1. The number of anilines is 1. The molecule has 0 radical (unpaired) electrons. The first-order chi connectivity index (χ1) is 14.8. The van der Waals surface area contributed by atoms with Crippen molar-refractivity contribution >= 4 is 21.4 Å². The molecule has 0 N–H and O–H groups in total. The van der Waals surface area contributed by atoms with E-state index in [1.807, 2.05) is 19.9 Å². The fraction of sp³-hybridized carbons (Fsp3) is 0.182. The maximum absolute atomic E-state index is 14.3. The molecule has 0 atom stereocenters. The number of aryl methyl sites for hydroxylation is 2. The molecule has 0 aliphatic carbocycles. The van der Waals surface area contributed by atoms with Crippen LogP contribution in [0.3, 0.4) is 0 Å². The van der Waals surface area contributed by atoms with Crippen LogP contribution < -0.4 is 9.04 Å². The Bertz CT molecular complexity index is 1350. The Kier molecular flexibility index (Phi) is 5.36. The predicted molar refractivity (Wildman–Crippen MR) is 115 cm³/mol. The van der Waals surface area contributed by atoms with E-state index in [0.29, 0.717) is 11.3 Å². The maximum atomic E-state index is 14.3. The molecule has 0 unspecified atom stereocenters. The normalized spacial score (nSPS) is 11.6. The zero-order valence-electron chi connectivity index (χ0n) is 17.3. The summed E-state index contributed by atoms with van der Waals surface area (Å²) in [6.45, 7) is 3.72. The number of pyridine rings is 1. The summed E-state index contributed by atoms with van der Waals surface area (Å²) in [7, 11) is -2.68. The molecule has 2 heterocycles. The molecule has 0 aliphatic heterocycles. The highest BCUT2D eigenvalue weighted by molar-refractivity contribution is 7.93. The molecular formula is C22H21FN4O3S. The molecule has 0 aliphatic rings. The Labute approximate surface area is 179 Å². The van der Waals surface area contributed by atoms with E-state index in [4.69, 9.17) is 4.74 Å². The van der Waals surface area contributed by atoms with Crippen LogP contribution in [0.5, 0.6) is 5.75 Å². The molecule has 0 saturated carbocycles. The number of ether oxygens (including phenoxy) is 1. The maximum Gasteiger partial charge on any atom is 0.268 e. The molecular weight excluding hydrogens is 419 g/mol. The number of nitrogens with zero attached hydrogens (tertiary/aromatic N) is 4. The monoisotopic (exact) mass is 440 g/mol. The largest absolute Gasteiger partial charge is 0.494 e. The third-order valence-electron chi connectivity index (χ3n) is 4.89. The summed E-state index contributed by atoms with van der Waals surface area (Å²) >= 11 is 0. The predicted octanol–water partition coefficient (Wildman–Crippen LogP) is 3.89. The summed E-state index contributed by atoms with van der Waals surface area (Å²) in [5.41, 5.74) is 3.01. The van der Waals surface area contributed by atoms with Gasteiger partial charge in [0.1, 0.15) is 11.2 Å². The first kappa shape index (κ1) is 20.8. The zero-order valence-corrected chi connectivity index (χ0v) is 18.1. The van der Waals surface area contributed by atoms with E-state index in [2.05, 4.69) is 10.2 Å². The molecule has 0 fully saturated rings. The van der Waals surface area contributed by atoms with Crippen molar-refractivity contribution in [2.45, 2.75) is 25.3 Å². The molecule has 0 saturated heterocycles. The van der Waals surface area contributed by atoms with Gasteiger partial charge in [0.15, 0.2) is 17.2 Å². The Hall–Kier alpha value is -3.46. The van der Waals surface area contributed by atoms with Gasteiger partial charge in [0.25, 0.3) is 10.0 Å². The molecule has 4 aromatic rings. The number of fused-ring (bicyclic) bond motifs is 1. The van der Waals surface area contributed by atoms with Gasteiger partial charge in [0, 0.05) is 6.20 Å². The fourth-order valence-corrected chi connectivity index (χ4v) is 5.10. The Morgan fingerprint density at radius 3 is 2.52 bits per heavy atom. The van der Waals surface area contributed by atoms with Crippen molar-refractivity contribution in [3.05, 3.63) is 83.6 Å². The minimum absolute atomic E-state index is 0.0145. The van der Waals surface area contributed by atoms with Gasteiger partial charge in [-0.1, -0.05) is 12.1 Å². The molecule has 0 spiro atoms. The Balaban J connectivity index is 1.87. The minimum atomic E-state index is -4.05. The molecule has 9 heteroatoms. The molecule has 4 rings (SSSR count). The van der Waals surface area contributed by atoms with E-state index in [0.717, 1.165) is 11.1 Å². The van der Waals surface area contributed by atoms with Crippen molar-refractivity contribution in [3.8, 4) is 5.75 Å². The fourth-order valence-electron chi connectivity index (χ4n) is 3.53. The van der Waals surface area contributed by atoms with Crippen LogP contribution in [0.15, 0.2) is 66.0 Å². The highest BCUT2D eigenvalue weighted by Crippen LogP contribution is 2.30. The van der Waals surface area contributed by atoms with Crippen LogP contribution in [-0.4, -0.2) is 30.1 Å². The average Bonchev–Trinajstić information content (AvgIpc) is 3.20. The number of rotatable bonds is 6. The van der Waals surface area contributed by atoms with Crippen LogP contribution in [-0.2, 0) is 16.6 Å². The summed E-state index contributed by atoms with van der Waals surface area (Å²) in [6.07, 6.45) is 3.11. The summed E-state index contributed by atoms with van der Waals surface area (Å²) < 4.78 is 49.7. The van der Waals surface area contributed by atoms with Gasteiger partial charge in [-0.25, -0.2) is 12.8 Å². The van der Waals surface area contributed by atoms with Gasteiger partial charge < -0.3 is 4.74 Å². The quantitative estimate of drug-likeness (QED) is 0.455. The summed E-state index contributed by atoms with van der Waals surface area (Å²) in [5, 5.41) is 7.79. The lowest BCUT2D eigenvalue weighted by Crippen LogP contribution is -2.31. The lowest BCUT2D eigenvalue weighted by molar-refractivity contribution is 0.386. The van der Waals surface area contributed by atoms with Gasteiger partial charge >= 0.3 is 0 Å². The Morgan fingerprint density at radius 2 is 1.84 bits per heavy atom. The van der Waals surface area contributed by atoms with E-state index >= 15 is 0 Å². The van der Waals surface area contributed by atoms with Crippen molar-refractivity contribution in [1.29, 1.82) is 0 Å². The summed E-state index contributed by atoms with van der Waals surface area (Å²) in [6, 6.07) is 13.0. The van der Waals surface area contributed by atoms with Crippen LogP contribution in [0.1, 0.15) is 16.7 Å². The number of sulfonamides is 1. The number of benzene rings is 2. The van der Waals surface area contributed by atoms with Crippen LogP contribution in [0.4, 0.5) is 10.1 Å². The highest BCUT2D eigenvalue weighted by atomic mass is 32.2. The second-order valence-corrected chi connectivity index (χ2v) is 9.09. The van der Waals surface area contributed by atoms with Crippen LogP contribution in [0.2, 0.25) is 0 Å². The Morgan fingerprint density at radius 1 is 1.10 bits per heavy atom. The zero-order chi connectivity index (χ0) is 22.2. The van der Waals surface area contributed by atoms with Crippen molar-refractivity contribution in [2.24, 2.45) is 0 Å². The van der Waals surface area contributed by atoms with Crippen molar-refractivity contribution in [1.82, 2.24) is 14.6 Å². The second kappa shape index (κ2) is 7.99. The molecule has 2 aromatic heterocycles.